The summed E-state index contributed by atoms with van der Waals surface area (Å²) in [6, 6.07) is 8.92. The fourth-order valence-corrected chi connectivity index (χ4v) is 2.50. The minimum Gasteiger partial charge on any atom is -0.486 e. The number of benzene rings is 2. The molecule has 0 aliphatic carbocycles. The highest BCUT2D eigenvalue weighted by Gasteiger charge is 2.26. The van der Waals surface area contributed by atoms with Gasteiger partial charge in [0.05, 0.1) is 11.0 Å². The summed E-state index contributed by atoms with van der Waals surface area (Å²) < 4.78 is 10.7. The Kier molecular flexibility index (Phi) is 5.20. The van der Waals surface area contributed by atoms with Gasteiger partial charge in [0.1, 0.15) is 18.8 Å². The van der Waals surface area contributed by atoms with Crippen LogP contribution in [-0.2, 0) is 4.79 Å². The van der Waals surface area contributed by atoms with Crippen LogP contribution in [0.5, 0.6) is 11.5 Å². The van der Waals surface area contributed by atoms with Gasteiger partial charge in [0, 0.05) is 23.9 Å². The number of hydrogen-bond donors (Lipinski definition) is 2. The predicted molar refractivity (Wildman–Crippen MR) is 97.4 cm³/mol. The standard InChI is InChI=1S/C18H17N3O6/c1-2-17(22)19-11-3-5-12(6-4-11)20-18(23)13-9-15-16(27-8-7-26-15)10-14(13)21(24)25/h3-6,9-10H,2,7-8H2,1H3,(H,19,22)(H,20,23). The van der Waals surface area contributed by atoms with Gasteiger partial charge in [0.15, 0.2) is 11.5 Å². The zero-order valence-electron chi connectivity index (χ0n) is 14.5. The van der Waals surface area contributed by atoms with Crippen LogP contribution in [0.15, 0.2) is 36.4 Å². The number of fused-ring (bicyclic) bond motifs is 1. The normalized spacial score (nSPS) is 12.2. The van der Waals surface area contributed by atoms with Gasteiger partial charge in [-0.1, -0.05) is 6.92 Å². The summed E-state index contributed by atoms with van der Waals surface area (Å²) in [6.07, 6.45) is 0.353. The topological polar surface area (TPSA) is 120 Å². The second-order valence-electron chi connectivity index (χ2n) is 5.70. The highest BCUT2D eigenvalue weighted by molar-refractivity contribution is 6.07. The molecule has 1 aliphatic heterocycles. The zero-order chi connectivity index (χ0) is 19.4. The van der Waals surface area contributed by atoms with Crippen molar-refractivity contribution in [3.05, 3.63) is 52.1 Å². The first-order chi connectivity index (χ1) is 13.0. The average molecular weight is 371 g/mol. The van der Waals surface area contributed by atoms with Crippen molar-refractivity contribution >= 4 is 28.9 Å². The molecule has 3 rings (SSSR count). The van der Waals surface area contributed by atoms with E-state index in [1.165, 1.54) is 12.1 Å². The van der Waals surface area contributed by atoms with Gasteiger partial charge in [-0.05, 0) is 24.3 Å². The van der Waals surface area contributed by atoms with Crippen LogP contribution in [0.2, 0.25) is 0 Å². The number of nitro benzene ring substituents is 1. The lowest BCUT2D eigenvalue weighted by Gasteiger charge is -2.18. The number of nitrogens with one attached hydrogen (secondary N) is 2. The highest BCUT2D eigenvalue weighted by Crippen LogP contribution is 2.36. The molecule has 0 fully saturated rings. The smallest absolute Gasteiger partial charge is 0.286 e. The summed E-state index contributed by atoms with van der Waals surface area (Å²) in [5, 5.41) is 16.6. The number of carbonyl (C=O) groups excluding carboxylic acids is 2. The highest BCUT2D eigenvalue weighted by atomic mass is 16.6. The van der Waals surface area contributed by atoms with Gasteiger partial charge in [0.2, 0.25) is 5.91 Å². The lowest BCUT2D eigenvalue weighted by atomic mass is 10.1. The van der Waals surface area contributed by atoms with Crippen LogP contribution in [-0.4, -0.2) is 30.0 Å². The summed E-state index contributed by atoms with van der Waals surface area (Å²) >= 11 is 0. The number of nitro groups is 1. The molecule has 140 valence electrons. The third kappa shape index (κ3) is 4.14. The number of hydrogen-bond acceptors (Lipinski definition) is 6. The van der Waals surface area contributed by atoms with Crippen molar-refractivity contribution in [2.75, 3.05) is 23.8 Å². The molecule has 2 aromatic rings. The van der Waals surface area contributed by atoms with E-state index in [0.29, 0.717) is 24.4 Å². The number of amides is 2. The molecule has 2 N–H and O–H groups in total. The van der Waals surface area contributed by atoms with Gasteiger partial charge >= 0.3 is 0 Å². The maximum atomic E-state index is 12.6. The molecule has 0 unspecified atom stereocenters. The largest absolute Gasteiger partial charge is 0.486 e. The third-order valence-electron chi connectivity index (χ3n) is 3.85. The number of anilines is 2. The minimum absolute atomic E-state index is 0.126. The lowest BCUT2D eigenvalue weighted by Crippen LogP contribution is -2.18. The van der Waals surface area contributed by atoms with E-state index in [1.54, 1.807) is 31.2 Å². The van der Waals surface area contributed by atoms with Crippen LogP contribution in [0.4, 0.5) is 17.1 Å². The molecule has 0 spiro atoms. The number of ether oxygens (including phenoxy) is 2. The van der Waals surface area contributed by atoms with Crippen molar-refractivity contribution in [2.24, 2.45) is 0 Å². The van der Waals surface area contributed by atoms with E-state index < -0.39 is 10.8 Å². The Morgan fingerprint density at radius 1 is 1.04 bits per heavy atom. The van der Waals surface area contributed by atoms with Gasteiger partial charge in [-0.3, -0.25) is 19.7 Å². The Hall–Kier alpha value is -3.62. The van der Waals surface area contributed by atoms with Crippen LogP contribution in [0.1, 0.15) is 23.7 Å². The van der Waals surface area contributed by atoms with Crippen molar-refractivity contribution in [1.29, 1.82) is 0 Å². The SMILES string of the molecule is CCC(=O)Nc1ccc(NC(=O)c2cc3c(cc2[N+](=O)[O-])OCCO3)cc1. The Labute approximate surface area is 154 Å². The van der Waals surface area contributed by atoms with Crippen LogP contribution < -0.4 is 20.1 Å². The van der Waals surface area contributed by atoms with E-state index in [4.69, 9.17) is 9.47 Å². The monoisotopic (exact) mass is 371 g/mol. The summed E-state index contributed by atoms with van der Waals surface area (Å²) in [6.45, 7) is 2.33. The fraction of sp³-hybridized carbons (Fsp3) is 0.222. The summed E-state index contributed by atoms with van der Waals surface area (Å²) in [5.74, 6) is -0.252. The first-order valence-corrected chi connectivity index (χ1v) is 8.27. The zero-order valence-corrected chi connectivity index (χ0v) is 14.5. The van der Waals surface area contributed by atoms with Crippen LogP contribution >= 0.6 is 0 Å². The predicted octanol–water partition coefficient (Wildman–Crippen LogP) is 2.97. The molecule has 0 aromatic heterocycles. The molecule has 27 heavy (non-hydrogen) atoms. The molecular formula is C18H17N3O6. The van der Waals surface area contributed by atoms with E-state index in [1.807, 2.05) is 0 Å². The molecule has 9 nitrogen and oxygen atoms in total. The summed E-state index contributed by atoms with van der Waals surface area (Å²) in [7, 11) is 0. The third-order valence-corrected chi connectivity index (χ3v) is 3.85. The van der Waals surface area contributed by atoms with Gasteiger partial charge in [0.25, 0.3) is 11.6 Å². The molecule has 0 bridgehead atoms. The fourth-order valence-electron chi connectivity index (χ4n) is 2.50. The summed E-state index contributed by atoms with van der Waals surface area (Å²) in [5.41, 5.74) is 0.514. The van der Waals surface area contributed by atoms with Crippen molar-refractivity contribution in [2.45, 2.75) is 13.3 Å². The van der Waals surface area contributed by atoms with Gasteiger partial charge in [-0.15, -0.1) is 0 Å². The van der Waals surface area contributed by atoms with Crippen molar-refractivity contribution < 1.29 is 24.0 Å². The Balaban J connectivity index is 1.81. The maximum Gasteiger partial charge on any atom is 0.286 e. The summed E-state index contributed by atoms with van der Waals surface area (Å²) in [4.78, 5) is 34.6. The number of rotatable bonds is 5. The van der Waals surface area contributed by atoms with Gasteiger partial charge in [-0.2, -0.15) is 0 Å². The van der Waals surface area contributed by atoms with E-state index in [0.717, 1.165) is 0 Å². The molecular weight excluding hydrogens is 354 g/mol. The molecule has 2 amide bonds. The molecule has 9 heteroatoms. The van der Waals surface area contributed by atoms with E-state index >= 15 is 0 Å². The second kappa shape index (κ2) is 7.73. The van der Waals surface area contributed by atoms with Crippen LogP contribution in [0.25, 0.3) is 0 Å². The molecule has 1 heterocycles. The quantitative estimate of drug-likeness (QED) is 0.616. The minimum atomic E-state index is -0.649. The van der Waals surface area contributed by atoms with Gasteiger partial charge < -0.3 is 20.1 Å². The van der Waals surface area contributed by atoms with Gasteiger partial charge in [-0.25, -0.2) is 0 Å². The first kappa shape index (κ1) is 18.2. The van der Waals surface area contributed by atoms with Crippen molar-refractivity contribution in [1.82, 2.24) is 0 Å². The Morgan fingerprint density at radius 2 is 1.59 bits per heavy atom. The molecule has 0 radical (unpaired) electrons. The van der Waals surface area contributed by atoms with E-state index in [9.17, 15) is 19.7 Å². The molecule has 0 saturated heterocycles. The lowest BCUT2D eigenvalue weighted by molar-refractivity contribution is -0.385. The molecule has 0 atom stereocenters. The van der Waals surface area contributed by atoms with E-state index in [-0.39, 0.29) is 35.3 Å². The first-order valence-electron chi connectivity index (χ1n) is 8.27. The van der Waals surface area contributed by atoms with E-state index in [2.05, 4.69) is 10.6 Å². The number of carbonyl (C=O) groups is 2. The van der Waals surface area contributed by atoms with Crippen molar-refractivity contribution in [3.63, 3.8) is 0 Å². The second-order valence-corrected chi connectivity index (χ2v) is 5.70. The van der Waals surface area contributed by atoms with Crippen LogP contribution in [0, 0.1) is 10.1 Å². The Bertz CT molecular complexity index is 895. The average Bonchev–Trinajstić information content (AvgIpc) is 2.68. The van der Waals surface area contributed by atoms with Crippen molar-refractivity contribution in [3.8, 4) is 11.5 Å². The number of nitrogens with zero attached hydrogens (tertiary/aromatic N) is 1. The molecule has 0 saturated carbocycles. The van der Waals surface area contributed by atoms with Crippen LogP contribution in [0.3, 0.4) is 0 Å². The molecule has 1 aliphatic rings. The molecule has 2 aromatic carbocycles. The maximum absolute atomic E-state index is 12.6. The Morgan fingerprint density at radius 3 is 2.15 bits per heavy atom.